The molecule has 2 aliphatic rings. The maximum Gasteiger partial charge on any atom is 0.0546 e. The van der Waals surface area contributed by atoms with Crippen LogP contribution in [0.1, 0.15) is 26.2 Å². The minimum atomic E-state index is 0.215. The molecule has 106 valence electrons. The van der Waals surface area contributed by atoms with Gasteiger partial charge in [-0.15, -0.1) is 0 Å². The van der Waals surface area contributed by atoms with E-state index in [0.29, 0.717) is 6.04 Å². The molecule has 4 nitrogen and oxygen atoms in total. The van der Waals surface area contributed by atoms with Gasteiger partial charge in [0.1, 0.15) is 0 Å². The average molecular weight is 255 g/mol. The van der Waals surface area contributed by atoms with Crippen molar-refractivity contribution >= 4 is 0 Å². The molecule has 18 heavy (non-hydrogen) atoms. The van der Waals surface area contributed by atoms with Gasteiger partial charge in [0, 0.05) is 50.8 Å². The van der Waals surface area contributed by atoms with Crippen molar-refractivity contribution in [2.24, 2.45) is 11.1 Å². The van der Waals surface area contributed by atoms with E-state index < -0.39 is 0 Å². The second kappa shape index (κ2) is 6.33. The van der Waals surface area contributed by atoms with E-state index in [1.54, 1.807) is 0 Å². The van der Waals surface area contributed by atoms with Crippen LogP contribution in [0.25, 0.3) is 0 Å². The number of nitrogens with two attached hydrogens (primary N) is 1. The summed E-state index contributed by atoms with van der Waals surface area (Å²) >= 11 is 0. The van der Waals surface area contributed by atoms with Crippen molar-refractivity contribution in [2.45, 2.75) is 32.2 Å². The fraction of sp³-hybridized carbons (Fsp3) is 1.00. The van der Waals surface area contributed by atoms with Crippen molar-refractivity contribution in [3.8, 4) is 0 Å². The van der Waals surface area contributed by atoms with Gasteiger partial charge in [0.25, 0.3) is 0 Å². The Morgan fingerprint density at radius 3 is 2.83 bits per heavy atom. The first-order valence-electron chi connectivity index (χ1n) is 7.39. The molecule has 0 saturated carbocycles. The Labute approximate surface area is 111 Å². The summed E-state index contributed by atoms with van der Waals surface area (Å²) in [6.45, 7) is 9.48. The van der Waals surface area contributed by atoms with E-state index in [2.05, 4.69) is 23.8 Å². The number of ether oxygens (including phenoxy) is 1. The summed E-state index contributed by atoms with van der Waals surface area (Å²) in [5.41, 5.74) is 6.25. The van der Waals surface area contributed by atoms with Gasteiger partial charge in [-0.1, -0.05) is 6.92 Å². The van der Waals surface area contributed by atoms with Gasteiger partial charge in [-0.2, -0.15) is 0 Å². The van der Waals surface area contributed by atoms with Crippen LogP contribution in [0, 0.1) is 5.41 Å². The molecule has 2 rings (SSSR count). The Balaban J connectivity index is 1.91. The Morgan fingerprint density at radius 2 is 2.22 bits per heavy atom. The average Bonchev–Trinajstić information content (AvgIpc) is 2.42. The Kier molecular flexibility index (Phi) is 5.01. The number of rotatable bonds is 4. The van der Waals surface area contributed by atoms with Crippen LogP contribution in [0.15, 0.2) is 0 Å². The fourth-order valence-corrected chi connectivity index (χ4v) is 3.33. The van der Waals surface area contributed by atoms with Gasteiger partial charge in [0.15, 0.2) is 0 Å². The third-order valence-electron chi connectivity index (χ3n) is 4.73. The quantitative estimate of drug-likeness (QED) is 0.805. The molecule has 2 fully saturated rings. The lowest BCUT2D eigenvalue weighted by Gasteiger charge is -2.45. The van der Waals surface area contributed by atoms with Crippen molar-refractivity contribution in [1.82, 2.24) is 9.80 Å². The summed E-state index contributed by atoms with van der Waals surface area (Å²) < 4.78 is 5.68. The Morgan fingerprint density at radius 1 is 1.39 bits per heavy atom. The van der Waals surface area contributed by atoms with Crippen LogP contribution in [0.4, 0.5) is 0 Å². The van der Waals surface area contributed by atoms with Crippen LogP contribution in [0.5, 0.6) is 0 Å². The molecule has 0 aliphatic carbocycles. The molecular weight excluding hydrogens is 226 g/mol. The summed E-state index contributed by atoms with van der Waals surface area (Å²) in [7, 11) is 2.24. The van der Waals surface area contributed by atoms with E-state index in [-0.39, 0.29) is 5.41 Å². The molecule has 4 heteroatoms. The number of hydrogen-bond acceptors (Lipinski definition) is 4. The van der Waals surface area contributed by atoms with E-state index in [4.69, 9.17) is 10.5 Å². The molecule has 0 amide bonds. The van der Waals surface area contributed by atoms with E-state index >= 15 is 0 Å². The monoisotopic (exact) mass is 255 g/mol. The predicted molar refractivity (Wildman–Crippen MR) is 74.7 cm³/mol. The highest BCUT2D eigenvalue weighted by molar-refractivity contribution is 4.89. The van der Waals surface area contributed by atoms with Gasteiger partial charge in [-0.25, -0.2) is 0 Å². The Bertz CT molecular complexity index is 253. The lowest BCUT2D eigenvalue weighted by Crippen LogP contribution is -2.56. The molecule has 0 bridgehead atoms. The van der Waals surface area contributed by atoms with E-state index in [1.165, 1.54) is 38.9 Å². The smallest absolute Gasteiger partial charge is 0.0546 e. The summed E-state index contributed by atoms with van der Waals surface area (Å²) in [6.07, 6.45) is 3.63. The van der Waals surface area contributed by atoms with Gasteiger partial charge in [-0.05, 0) is 26.3 Å². The zero-order valence-corrected chi connectivity index (χ0v) is 12.0. The van der Waals surface area contributed by atoms with Gasteiger partial charge >= 0.3 is 0 Å². The largest absolute Gasteiger partial charge is 0.381 e. The van der Waals surface area contributed by atoms with E-state index in [0.717, 1.165) is 26.3 Å². The summed E-state index contributed by atoms with van der Waals surface area (Å²) in [5, 5.41) is 0. The molecule has 0 aromatic carbocycles. The second-order valence-electron chi connectivity index (χ2n) is 6.14. The van der Waals surface area contributed by atoms with Crippen LogP contribution >= 0.6 is 0 Å². The number of likely N-dealkylation sites (N-methyl/N-ethyl adjacent to an activating group) is 1. The van der Waals surface area contributed by atoms with Crippen molar-refractivity contribution in [1.29, 1.82) is 0 Å². The van der Waals surface area contributed by atoms with E-state index in [9.17, 15) is 0 Å². The minimum absolute atomic E-state index is 0.215. The lowest BCUT2D eigenvalue weighted by molar-refractivity contribution is -0.0334. The summed E-state index contributed by atoms with van der Waals surface area (Å²) in [4.78, 5) is 5.10. The maximum absolute atomic E-state index is 6.03. The molecule has 0 aromatic rings. The van der Waals surface area contributed by atoms with Crippen molar-refractivity contribution in [3.05, 3.63) is 0 Å². The highest BCUT2D eigenvalue weighted by atomic mass is 16.5. The molecule has 0 spiro atoms. The third-order valence-corrected chi connectivity index (χ3v) is 4.73. The molecule has 0 radical (unpaired) electrons. The molecule has 2 N–H and O–H groups in total. The SMILES string of the molecule is CCC1CN(CC2(CN)CCCOC2)CCN1C. The first-order chi connectivity index (χ1) is 8.69. The lowest BCUT2D eigenvalue weighted by atomic mass is 9.81. The Hall–Kier alpha value is -0.160. The van der Waals surface area contributed by atoms with Crippen molar-refractivity contribution in [3.63, 3.8) is 0 Å². The first-order valence-corrected chi connectivity index (χ1v) is 7.39. The van der Waals surface area contributed by atoms with Crippen LogP contribution < -0.4 is 5.73 Å². The highest BCUT2D eigenvalue weighted by Crippen LogP contribution is 2.29. The fourth-order valence-electron chi connectivity index (χ4n) is 3.33. The van der Waals surface area contributed by atoms with Crippen LogP contribution in [-0.4, -0.2) is 68.8 Å². The van der Waals surface area contributed by atoms with Crippen LogP contribution in [0.3, 0.4) is 0 Å². The third kappa shape index (κ3) is 3.23. The zero-order valence-electron chi connectivity index (χ0n) is 12.0. The van der Waals surface area contributed by atoms with Gasteiger partial charge < -0.3 is 15.4 Å². The second-order valence-corrected chi connectivity index (χ2v) is 6.14. The summed E-state index contributed by atoms with van der Waals surface area (Å²) in [5.74, 6) is 0. The van der Waals surface area contributed by atoms with Crippen molar-refractivity contribution < 1.29 is 4.74 Å². The van der Waals surface area contributed by atoms with Crippen LogP contribution in [-0.2, 0) is 4.74 Å². The van der Waals surface area contributed by atoms with Crippen LogP contribution in [0.2, 0.25) is 0 Å². The van der Waals surface area contributed by atoms with Crippen molar-refractivity contribution in [2.75, 3.05) is 53.0 Å². The van der Waals surface area contributed by atoms with Gasteiger partial charge in [0.2, 0.25) is 0 Å². The van der Waals surface area contributed by atoms with E-state index in [1.807, 2.05) is 0 Å². The highest BCUT2D eigenvalue weighted by Gasteiger charge is 2.35. The van der Waals surface area contributed by atoms with Gasteiger partial charge in [-0.3, -0.25) is 4.90 Å². The maximum atomic E-state index is 6.03. The summed E-state index contributed by atoms with van der Waals surface area (Å²) in [6, 6.07) is 0.707. The molecule has 2 atom stereocenters. The standard InChI is InChI=1S/C14H29N3O/c1-3-13-9-17(7-6-16(13)2)11-14(10-15)5-4-8-18-12-14/h13H,3-12,15H2,1-2H3. The molecule has 2 saturated heterocycles. The zero-order chi connectivity index (χ0) is 13.0. The predicted octanol–water partition coefficient (Wildman–Crippen LogP) is 0.768. The number of hydrogen-bond donors (Lipinski definition) is 1. The molecule has 0 aromatic heterocycles. The van der Waals surface area contributed by atoms with Gasteiger partial charge in [0.05, 0.1) is 6.61 Å². The molecular formula is C14H29N3O. The molecule has 2 aliphatic heterocycles. The normalized spacial score (nSPS) is 35.8. The molecule has 2 unspecified atom stereocenters. The first kappa shape index (κ1) is 14.3. The topological polar surface area (TPSA) is 41.7 Å². The minimum Gasteiger partial charge on any atom is -0.381 e. The molecule has 2 heterocycles. The number of nitrogens with zero attached hydrogens (tertiary/aromatic N) is 2. The number of piperazine rings is 1.